The molecular weight excluding hydrogens is 548 g/mol. The van der Waals surface area contributed by atoms with Crippen LogP contribution in [0.5, 0.6) is 0 Å². The maximum atomic E-state index is 13.6. The smallest absolute Gasteiger partial charge is 0.196 e. The van der Waals surface area contributed by atoms with Crippen molar-refractivity contribution in [1.82, 2.24) is 19.3 Å². The van der Waals surface area contributed by atoms with Crippen LogP contribution < -0.4 is 0 Å². The number of thioether (sulfide) groups is 1. The zero-order valence-electron chi connectivity index (χ0n) is 24.6. The molecular formula is C34H35ClN4OS. The molecule has 5 rings (SSSR count). The third kappa shape index (κ3) is 5.90. The summed E-state index contributed by atoms with van der Waals surface area (Å²) >= 11 is 8.03. The highest BCUT2D eigenvalue weighted by Gasteiger charge is 2.22. The maximum absolute atomic E-state index is 13.6. The predicted octanol–water partition coefficient (Wildman–Crippen LogP) is 8.88. The zero-order chi connectivity index (χ0) is 29.5. The van der Waals surface area contributed by atoms with E-state index in [0.29, 0.717) is 16.0 Å². The summed E-state index contributed by atoms with van der Waals surface area (Å²) in [5.74, 6) is 0.952. The number of carbonyl (C=O) groups is 1. The van der Waals surface area contributed by atoms with Gasteiger partial charge in [-0.1, -0.05) is 86.6 Å². The Morgan fingerprint density at radius 2 is 1.51 bits per heavy atom. The monoisotopic (exact) mass is 582 g/mol. The van der Waals surface area contributed by atoms with Crippen molar-refractivity contribution in [3.63, 3.8) is 0 Å². The van der Waals surface area contributed by atoms with Crippen molar-refractivity contribution in [3.05, 3.63) is 111 Å². The van der Waals surface area contributed by atoms with Gasteiger partial charge >= 0.3 is 0 Å². The van der Waals surface area contributed by atoms with Crippen molar-refractivity contribution in [2.24, 2.45) is 0 Å². The number of para-hydroxylation sites is 1. The molecule has 0 N–H and O–H groups in total. The number of ketones is 1. The van der Waals surface area contributed by atoms with E-state index in [1.165, 1.54) is 28.5 Å². The third-order valence-corrected chi connectivity index (χ3v) is 8.51. The molecule has 0 aliphatic heterocycles. The molecule has 0 amide bonds. The molecule has 5 nitrogen and oxygen atoms in total. The van der Waals surface area contributed by atoms with E-state index in [4.69, 9.17) is 11.6 Å². The highest BCUT2D eigenvalue weighted by Crippen LogP contribution is 2.33. The largest absolute Gasteiger partial charge is 0.318 e. The second-order valence-corrected chi connectivity index (χ2v) is 12.9. The van der Waals surface area contributed by atoms with Gasteiger partial charge in [-0.2, -0.15) is 0 Å². The van der Waals surface area contributed by atoms with Crippen molar-refractivity contribution in [2.75, 3.05) is 5.75 Å². The van der Waals surface area contributed by atoms with Gasteiger partial charge in [0, 0.05) is 28.2 Å². The average Bonchev–Trinajstić information content (AvgIpc) is 3.46. The standard InChI is InChI=1S/C34H35ClN4OS/c1-21-16-22(2)18-27(17-21)38-23(3)19-28(24(38)4)31(40)20-41-33-37-36-32(39(33)30-11-9-8-10-29(30)35)25-12-14-26(15-13-25)34(5,6)7/h8-19H,20H2,1-7H3. The number of aryl methyl sites for hydroxylation is 3. The van der Waals surface area contributed by atoms with E-state index in [0.717, 1.165) is 33.9 Å². The summed E-state index contributed by atoms with van der Waals surface area (Å²) in [7, 11) is 0. The second kappa shape index (κ2) is 11.3. The van der Waals surface area contributed by atoms with E-state index in [-0.39, 0.29) is 17.0 Å². The lowest BCUT2D eigenvalue weighted by atomic mass is 9.87. The quantitative estimate of drug-likeness (QED) is 0.142. The normalized spacial score (nSPS) is 11.7. The van der Waals surface area contributed by atoms with E-state index in [9.17, 15) is 4.79 Å². The van der Waals surface area contributed by atoms with Gasteiger partial charge in [-0.05, 0) is 80.1 Å². The number of hydrogen-bond donors (Lipinski definition) is 0. The number of benzene rings is 3. The molecule has 0 atom stereocenters. The molecule has 0 aliphatic rings. The minimum absolute atomic E-state index is 0.0449. The first-order valence-electron chi connectivity index (χ1n) is 13.7. The Morgan fingerprint density at radius 3 is 2.15 bits per heavy atom. The summed E-state index contributed by atoms with van der Waals surface area (Å²) in [5, 5.41) is 10.3. The van der Waals surface area contributed by atoms with Gasteiger partial charge in [0.1, 0.15) is 0 Å². The minimum Gasteiger partial charge on any atom is -0.318 e. The molecule has 0 fully saturated rings. The molecule has 0 bridgehead atoms. The number of hydrogen-bond acceptors (Lipinski definition) is 4. The Bertz CT molecular complexity index is 1720. The fourth-order valence-corrected chi connectivity index (χ4v) is 6.30. The zero-order valence-corrected chi connectivity index (χ0v) is 26.2. The van der Waals surface area contributed by atoms with Crippen LogP contribution in [0.15, 0.2) is 78.0 Å². The molecule has 41 heavy (non-hydrogen) atoms. The first-order valence-corrected chi connectivity index (χ1v) is 15.0. The molecule has 2 aromatic heterocycles. The number of halogens is 1. The molecule has 0 saturated heterocycles. The molecule has 210 valence electrons. The maximum Gasteiger partial charge on any atom is 0.196 e. The van der Waals surface area contributed by atoms with Gasteiger partial charge in [0.15, 0.2) is 16.8 Å². The molecule has 7 heteroatoms. The summed E-state index contributed by atoms with van der Waals surface area (Å²) in [6.45, 7) is 14.8. The molecule has 0 radical (unpaired) electrons. The third-order valence-electron chi connectivity index (χ3n) is 7.26. The molecule has 2 heterocycles. The van der Waals surface area contributed by atoms with Crippen LogP contribution in [0.1, 0.15) is 59.2 Å². The van der Waals surface area contributed by atoms with Crippen molar-refractivity contribution >= 4 is 29.1 Å². The molecule has 0 aliphatic carbocycles. The van der Waals surface area contributed by atoms with E-state index >= 15 is 0 Å². The number of rotatable bonds is 7. The lowest BCUT2D eigenvalue weighted by Gasteiger charge is -2.19. The van der Waals surface area contributed by atoms with Gasteiger partial charge in [-0.3, -0.25) is 9.36 Å². The minimum atomic E-state index is 0.0449. The van der Waals surface area contributed by atoms with Crippen molar-refractivity contribution < 1.29 is 4.79 Å². The van der Waals surface area contributed by atoms with E-state index < -0.39 is 0 Å². The highest BCUT2D eigenvalue weighted by molar-refractivity contribution is 7.99. The second-order valence-electron chi connectivity index (χ2n) is 11.6. The van der Waals surface area contributed by atoms with Crippen LogP contribution in [-0.2, 0) is 5.41 Å². The highest BCUT2D eigenvalue weighted by atomic mass is 35.5. The number of nitrogens with zero attached hydrogens (tertiary/aromatic N) is 4. The molecule has 3 aromatic carbocycles. The van der Waals surface area contributed by atoms with Crippen molar-refractivity contribution in [3.8, 4) is 22.8 Å². The van der Waals surface area contributed by atoms with Crippen molar-refractivity contribution in [2.45, 2.75) is 59.0 Å². The Kier molecular flexibility index (Phi) is 8.00. The fourth-order valence-electron chi connectivity index (χ4n) is 5.25. The van der Waals surface area contributed by atoms with Gasteiger partial charge in [0.05, 0.1) is 16.5 Å². The van der Waals surface area contributed by atoms with Crippen LogP contribution in [0.2, 0.25) is 5.02 Å². The van der Waals surface area contributed by atoms with Gasteiger partial charge in [0.25, 0.3) is 0 Å². The lowest BCUT2D eigenvalue weighted by Crippen LogP contribution is -2.10. The molecule has 0 saturated carbocycles. The van der Waals surface area contributed by atoms with Crippen LogP contribution in [0.3, 0.4) is 0 Å². The Hall–Kier alpha value is -3.61. The van der Waals surface area contributed by atoms with Gasteiger partial charge in [-0.15, -0.1) is 10.2 Å². The van der Waals surface area contributed by atoms with Crippen LogP contribution in [-0.4, -0.2) is 30.9 Å². The molecule has 0 unspecified atom stereocenters. The molecule has 5 aromatic rings. The van der Waals surface area contributed by atoms with Gasteiger partial charge in [-0.25, -0.2) is 0 Å². The van der Waals surface area contributed by atoms with Gasteiger partial charge < -0.3 is 4.57 Å². The predicted molar refractivity (Wildman–Crippen MR) is 170 cm³/mol. The Morgan fingerprint density at radius 1 is 0.854 bits per heavy atom. The molecule has 0 spiro atoms. The SMILES string of the molecule is Cc1cc(C)cc(-n2c(C)cc(C(=O)CSc3nnc(-c4ccc(C(C)(C)C)cc4)n3-c3ccccc3Cl)c2C)c1. The number of aromatic nitrogens is 4. The fraction of sp³-hybridized carbons (Fsp3) is 0.265. The van der Waals surface area contributed by atoms with E-state index in [1.54, 1.807) is 0 Å². The van der Waals surface area contributed by atoms with Crippen LogP contribution in [0, 0.1) is 27.7 Å². The summed E-state index contributed by atoms with van der Waals surface area (Å²) in [4.78, 5) is 13.6. The van der Waals surface area contributed by atoms with E-state index in [1.807, 2.05) is 48.7 Å². The average molecular weight is 583 g/mol. The van der Waals surface area contributed by atoms with E-state index in [2.05, 4.69) is 91.8 Å². The lowest BCUT2D eigenvalue weighted by molar-refractivity contribution is 0.102. The van der Waals surface area contributed by atoms with Crippen molar-refractivity contribution in [1.29, 1.82) is 0 Å². The summed E-state index contributed by atoms with van der Waals surface area (Å²) in [5.41, 5.74) is 9.13. The topological polar surface area (TPSA) is 52.7 Å². The van der Waals surface area contributed by atoms with Crippen LogP contribution >= 0.6 is 23.4 Å². The number of carbonyl (C=O) groups excluding carboxylic acids is 1. The first kappa shape index (κ1) is 28.9. The summed E-state index contributed by atoms with van der Waals surface area (Å²) in [6, 6.07) is 24.5. The van der Waals surface area contributed by atoms with Crippen LogP contribution in [0.4, 0.5) is 0 Å². The van der Waals surface area contributed by atoms with Gasteiger partial charge in [0.2, 0.25) is 0 Å². The first-order chi connectivity index (χ1) is 19.4. The summed E-state index contributed by atoms with van der Waals surface area (Å²) in [6.07, 6.45) is 0. The number of Topliss-reactive ketones (excluding diaryl/α,β-unsaturated/α-hetero) is 1. The van der Waals surface area contributed by atoms with Crippen LogP contribution in [0.25, 0.3) is 22.8 Å². The Labute approximate surface area is 251 Å². The Balaban J connectivity index is 1.47. The summed E-state index contributed by atoms with van der Waals surface area (Å²) < 4.78 is 4.11.